The summed E-state index contributed by atoms with van der Waals surface area (Å²) in [5.41, 5.74) is 0.462. The van der Waals surface area contributed by atoms with Crippen molar-refractivity contribution in [3.63, 3.8) is 0 Å². The zero-order valence-corrected chi connectivity index (χ0v) is 14.6. The Balaban J connectivity index is 1.43. The third kappa shape index (κ3) is 3.33. The highest BCUT2D eigenvalue weighted by Gasteiger charge is 2.26. The standard InChI is InChI=1S/C19H18N4O4/c24-16-12-20-23(15-5-2-1-4-14(15)16)13-18(25)21-7-9-22(10-8-21)19(26)17-6-3-11-27-17/h1-6,11-12H,7-10,13H2. The third-order valence-electron chi connectivity index (χ3n) is 4.70. The molecule has 0 aliphatic carbocycles. The van der Waals surface area contributed by atoms with Gasteiger partial charge < -0.3 is 14.2 Å². The summed E-state index contributed by atoms with van der Waals surface area (Å²) in [5.74, 6) is 0.0419. The van der Waals surface area contributed by atoms with E-state index in [1.165, 1.54) is 12.5 Å². The van der Waals surface area contributed by atoms with Gasteiger partial charge in [0.15, 0.2) is 5.76 Å². The molecule has 1 aliphatic heterocycles. The van der Waals surface area contributed by atoms with Crippen LogP contribution in [0.15, 0.2) is 58.1 Å². The minimum absolute atomic E-state index is 0.0485. The molecule has 3 aromatic rings. The van der Waals surface area contributed by atoms with E-state index in [0.717, 1.165) is 0 Å². The largest absolute Gasteiger partial charge is 0.459 e. The lowest BCUT2D eigenvalue weighted by molar-refractivity contribution is -0.133. The molecular formula is C19H18N4O4. The van der Waals surface area contributed by atoms with Gasteiger partial charge in [-0.2, -0.15) is 5.10 Å². The van der Waals surface area contributed by atoms with Gasteiger partial charge in [-0.25, -0.2) is 0 Å². The number of amides is 2. The molecule has 0 N–H and O–H groups in total. The number of piperazine rings is 1. The smallest absolute Gasteiger partial charge is 0.289 e. The number of furan rings is 1. The van der Waals surface area contributed by atoms with Gasteiger partial charge in [-0.1, -0.05) is 12.1 Å². The molecule has 1 aliphatic rings. The lowest BCUT2D eigenvalue weighted by Gasteiger charge is -2.34. The lowest BCUT2D eigenvalue weighted by atomic mass is 10.2. The van der Waals surface area contributed by atoms with Crippen LogP contribution in [0.2, 0.25) is 0 Å². The van der Waals surface area contributed by atoms with Crippen molar-refractivity contribution in [1.82, 2.24) is 19.6 Å². The molecule has 2 aromatic heterocycles. The summed E-state index contributed by atoms with van der Waals surface area (Å²) < 4.78 is 6.68. The monoisotopic (exact) mass is 366 g/mol. The highest BCUT2D eigenvalue weighted by atomic mass is 16.3. The van der Waals surface area contributed by atoms with Gasteiger partial charge in [0, 0.05) is 31.6 Å². The number of benzene rings is 1. The van der Waals surface area contributed by atoms with Crippen LogP contribution in [0, 0.1) is 0 Å². The Hall–Kier alpha value is -3.42. The minimum atomic E-state index is -0.167. The van der Waals surface area contributed by atoms with Crippen molar-refractivity contribution in [3.05, 3.63) is 64.8 Å². The second-order valence-electron chi connectivity index (χ2n) is 6.33. The molecule has 8 nitrogen and oxygen atoms in total. The van der Waals surface area contributed by atoms with Crippen LogP contribution in [0.4, 0.5) is 0 Å². The zero-order chi connectivity index (χ0) is 18.8. The average Bonchev–Trinajstić information content (AvgIpc) is 3.25. The first-order valence-electron chi connectivity index (χ1n) is 8.69. The first kappa shape index (κ1) is 17.0. The summed E-state index contributed by atoms with van der Waals surface area (Å²) in [4.78, 5) is 40.2. The van der Waals surface area contributed by atoms with Gasteiger partial charge in [-0.15, -0.1) is 0 Å². The fourth-order valence-corrected chi connectivity index (χ4v) is 3.23. The number of carbonyl (C=O) groups excluding carboxylic acids is 2. The molecule has 8 heteroatoms. The maximum absolute atomic E-state index is 12.7. The van der Waals surface area contributed by atoms with Crippen molar-refractivity contribution in [3.8, 4) is 0 Å². The predicted octanol–water partition coefficient (Wildman–Crippen LogP) is 0.974. The summed E-state index contributed by atoms with van der Waals surface area (Å²) in [6.45, 7) is 1.84. The Kier molecular flexibility index (Phi) is 4.45. The Labute approximate surface area is 154 Å². The summed E-state index contributed by atoms with van der Waals surface area (Å²) in [6, 6.07) is 10.4. The van der Waals surface area contributed by atoms with E-state index in [0.29, 0.717) is 42.8 Å². The second-order valence-corrected chi connectivity index (χ2v) is 6.33. The van der Waals surface area contributed by atoms with Gasteiger partial charge in [0.05, 0.1) is 18.0 Å². The van der Waals surface area contributed by atoms with E-state index in [1.54, 1.807) is 44.8 Å². The van der Waals surface area contributed by atoms with Gasteiger partial charge in [0.25, 0.3) is 5.91 Å². The van der Waals surface area contributed by atoms with Crippen LogP contribution in [-0.4, -0.2) is 57.6 Å². The third-order valence-corrected chi connectivity index (χ3v) is 4.70. The molecule has 0 bridgehead atoms. The number of hydrogen-bond donors (Lipinski definition) is 0. The van der Waals surface area contributed by atoms with Crippen LogP contribution in [0.25, 0.3) is 10.9 Å². The van der Waals surface area contributed by atoms with Gasteiger partial charge in [-0.05, 0) is 24.3 Å². The van der Waals surface area contributed by atoms with Crippen molar-refractivity contribution in [2.45, 2.75) is 6.54 Å². The van der Waals surface area contributed by atoms with Crippen LogP contribution in [0.5, 0.6) is 0 Å². The van der Waals surface area contributed by atoms with Crippen LogP contribution in [-0.2, 0) is 11.3 Å². The highest BCUT2D eigenvalue weighted by molar-refractivity contribution is 5.91. The summed E-state index contributed by atoms with van der Waals surface area (Å²) in [6.07, 6.45) is 2.70. The normalized spacial score (nSPS) is 14.5. The molecule has 1 aromatic carbocycles. The van der Waals surface area contributed by atoms with Gasteiger partial charge in [-0.3, -0.25) is 19.1 Å². The summed E-state index contributed by atoms with van der Waals surface area (Å²) >= 11 is 0. The van der Waals surface area contributed by atoms with Crippen molar-refractivity contribution >= 4 is 22.7 Å². The van der Waals surface area contributed by atoms with Crippen molar-refractivity contribution in [1.29, 1.82) is 0 Å². The molecule has 1 saturated heterocycles. The summed E-state index contributed by atoms with van der Waals surface area (Å²) in [7, 11) is 0. The number of para-hydroxylation sites is 1. The Morgan fingerprint density at radius 2 is 1.74 bits per heavy atom. The number of nitrogens with zero attached hydrogens (tertiary/aromatic N) is 4. The summed E-state index contributed by atoms with van der Waals surface area (Å²) in [5, 5.41) is 4.63. The van der Waals surface area contributed by atoms with Crippen LogP contribution >= 0.6 is 0 Å². The molecule has 2 amide bonds. The van der Waals surface area contributed by atoms with E-state index < -0.39 is 0 Å². The molecule has 3 heterocycles. The number of fused-ring (bicyclic) bond motifs is 1. The van der Waals surface area contributed by atoms with E-state index >= 15 is 0 Å². The van der Waals surface area contributed by atoms with Gasteiger partial charge in [0.1, 0.15) is 6.54 Å². The Bertz CT molecular complexity index is 1030. The Morgan fingerprint density at radius 3 is 2.48 bits per heavy atom. The SMILES string of the molecule is O=C(Cn1ncc(=O)c2ccccc21)N1CCN(C(=O)c2ccco2)CC1. The highest BCUT2D eigenvalue weighted by Crippen LogP contribution is 2.11. The lowest BCUT2D eigenvalue weighted by Crippen LogP contribution is -2.51. The minimum Gasteiger partial charge on any atom is -0.459 e. The first-order chi connectivity index (χ1) is 13.1. The molecule has 0 radical (unpaired) electrons. The quantitative estimate of drug-likeness (QED) is 0.689. The topological polar surface area (TPSA) is 88.7 Å². The van der Waals surface area contributed by atoms with Gasteiger partial charge >= 0.3 is 0 Å². The van der Waals surface area contributed by atoms with Crippen LogP contribution in [0.3, 0.4) is 0 Å². The number of aromatic nitrogens is 2. The van der Waals surface area contributed by atoms with Crippen molar-refractivity contribution in [2.75, 3.05) is 26.2 Å². The molecule has 0 spiro atoms. The van der Waals surface area contributed by atoms with E-state index in [4.69, 9.17) is 4.42 Å². The maximum atomic E-state index is 12.7. The molecule has 0 unspecified atom stereocenters. The first-order valence-corrected chi connectivity index (χ1v) is 8.69. The van der Waals surface area contributed by atoms with Crippen LogP contribution in [0.1, 0.15) is 10.6 Å². The molecule has 1 fully saturated rings. The zero-order valence-electron chi connectivity index (χ0n) is 14.6. The fraction of sp³-hybridized carbons (Fsp3) is 0.263. The van der Waals surface area contributed by atoms with Gasteiger partial charge in [0.2, 0.25) is 11.3 Å². The molecule has 0 saturated carbocycles. The predicted molar refractivity (Wildman–Crippen MR) is 97.2 cm³/mol. The van der Waals surface area contributed by atoms with E-state index in [1.807, 2.05) is 6.07 Å². The van der Waals surface area contributed by atoms with Crippen LogP contribution < -0.4 is 5.43 Å². The molecule has 138 valence electrons. The second kappa shape index (κ2) is 7.06. The van der Waals surface area contributed by atoms with Crippen molar-refractivity contribution in [2.24, 2.45) is 0 Å². The Morgan fingerprint density at radius 1 is 1.00 bits per heavy atom. The molecule has 27 heavy (non-hydrogen) atoms. The number of rotatable bonds is 3. The van der Waals surface area contributed by atoms with Crippen molar-refractivity contribution < 1.29 is 14.0 Å². The fourth-order valence-electron chi connectivity index (χ4n) is 3.23. The van der Waals surface area contributed by atoms with E-state index in [2.05, 4.69) is 5.10 Å². The maximum Gasteiger partial charge on any atom is 0.289 e. The number of hydrogen-bond acceptors (Lipinski definition) is 5. The molecular weight excluding hydrogens is 348 g/mol. The van der Waals surface area contributed by atoms with E-state index in [-0.39, 0.29) is 23.8 Å². The molecule has 0 atom stereocenters. The van der Waals surface area contributed by atoms with E-state index in [9.17, 15) is 14.4 Å². The average molecular weight is 366 g/mol. The number of carbonyl (C=O) groups is 2. The molecule has 4 rings (SSSR count).